The molecule has 0 aliphatic rings. The molecule has 0 saturated carbocycles. The van der Waals surface area contributed by atoms with Gasteiger partial charge >= 0.3 is 0 Å². The molecular formula is C10H9BrFN. The van der Waals surface area contributed by atoms with Crippen molar-refractivity contribution in [2.45, 2.75) is 6.92 Å². The van der Waals surface area contributed by atoms with Gasteiger partial charge in [-0.3, -0.25) is 0 Å². The number of aryl methyl sites for hydroxylation is 1. The smallest absolute Gasteiger partial charge is 0.123 e. The lowest BCUT2D eigenvalue weighted by Crippen LogP contribution is -1.89. The molecule has 0 aliphatic carbocycles. The van der Waals surface area contributed by atoms with Crippen LogP contribution in [0.25, 0.3) is 10.9 Å². The van der Waals surface area contributed by atoms with Gasteiger partial charge in [-0.05, 0) is 41.1 Å². The summed E-state index contributed by atoms with van der Waals surface area (Å²) in [5.41, 5.74) is 2.16. The Morgan fingerprint density at radius 2 is 2.08 bits per heavy atom. The summed E-state index contributed by atoms with van der Waals surface area (Å²) < 4.78 is 15.9. The summed E-state index contributed by atoms with van der Waals surface area (Å²) in [6.07, 6.45) is 0. The Balaban J connectivity index is 2.95. The fraction of sp³-hybridized carbons (Fsp3) is 0.200. The van der Waals surface area contributed by atoms with Crippen molar-refractivity contribution in [2.75, 3.05) is 0 Å². The molecule has 1 nitrogen and oxygen atoms in total. The van der Waals surface area contributed by atoms with E-state index in [1.54, 1.807) is 12.1 Å². The molecule has 0 bridgehead atoms. The number of hydrogen-bond acceptors (Lipinski definition) is 0. The first-order chi connectivity index (χ1) is 6.11. The van der Waals surface area contributed by atoms with Gasteiger partial charge in [0.05, 0.1) is 0 Å². The highest BCUT2D eigenvalue weighted by atomic mass is 79.9. The Morgan fingerprint density at radius 1 is 1.38 bits per heavy atom. The normalized spacial score (nSPS) is 11.1. The second kappa shape index (κ2) is 2.84. The molecule has 0 fully saturated rings. The first-order valence-electron chi connectivity index (χ1n) is 4.01. The van der Waals surface area contributed by atoms with Gasteiger partial charge in [-0.25, -0.2) is 4.39 Å². The molecule has 0 atom stereocenters. The van der Waals surface area contributed by atoms with Crippen molar-refractivity contribution in [3.05, 3.63) is 34.2 Å². The number of fused-ring (bicyclic) bond motifs is 1. The summed E-state index contributed by atoms with van der Waals surface area (Å²) in [5.74, 6) is -0.196. The van der Waals surface area contributed by atoms with Crippen molar-refractivity contribution >= 4 is 26.8 Å². The number of hydrogen-bond donors (Lipinski definition) is 0. The van der Waals surface area contributed by atoms with Gasteiger partial charge in [0.25, 0.3) is 0 Å². The highest BCUT2D eigenvalue weighted by molar-refractivity contribution is 9.10. The monoisotopic (exact) mass is 241 g/mol. The molecule has 13 heavy (non-hydrogen) atoms. The van der Waals surface area contributed by atoms with Crippen molar-refractivity contribution in [2.24, 2.45) is 7.05 Å². The third-order valence-electron chi connectivity index (χ3n) is 2.38. The summed E-state index contributed by atoms with van der Waals surface area (Å²) in [4.78, 5) is 0. The first-order valence-corrected chi connectivity index (χ1v) is 4.80. The minimum Gasteiger partial charge on any atom is -0.347 e. The first kappa shape index (κ1) is 8.75. The second-order valence-electron chi connectivity index (χ2n) is 3.12. The molecule has 2 aromatic rings. The zero-order valence-electron chi connectivity index (χ0n) is 7.44. The molecule has 3 heteroatoms. The number of rotatable bonds is 0. The van der Waals surface area contributed by atoms with Crippen molar-refractivity contribution < 1.29 is 4.39 Å². The zero-order valence-corrected chi connectivity index (χ0v) is 9.02. The molecule has 1 heterocycles. The molecule has 0 spiro atoms. The van der Waals surface area contributed by atoms with E-state index in [1.807, 2.05) is 18.5 Å². The van der Waals surface area contributed by atoms with Crippen LogP contribution >= 0.6 is 15.9 Å². The predicted octanol–water partition coefficient (Wildman–Crippen LogP) is 3.39. The number of halogens is 2. The summed E-state index contributed by atoms with van der Waals surface area (Å²) in [6, 6.07) is 4.82. The Hall–Kier alpha value is -0.830. The van der Waals surface area contributed by atoms with E-state index in [9.17, 15) is 4.39 Å². The molecule has 0 unspecified atom stereocenters. The minimum atomic E-state index is -0.196. The van der Waals surface area contributed by atoms with E-state index in [2.05, 4.69) is 15.9 Å². The molecule has 0 aliphatic heterocycles. The minimum absolute atomic E-state index is 0.196. The lowest BCUT2D eigenvalue weighted by Gasteiger charge is -1.97. The SMILES string of the molecule is Cc1c(Br)c2cc(F)ccc2n1C. The van der Waals surface area contributed by atoms with Gasteiger partial charge in [-0.15, -0.1) is 0 Å². The molecule has 0 N–H and O–H groups in total. The fourth-order valence-electron chi connectivity index (χ4n) is 1.50. The quantitative estimate of drug-likeness (QED) is 0.667. The second-order valence-corrected chi connectivity index (χ2v) is 3.91. The maximum atomic E-state index is 12.9. The largest absolute Gasteiger partial charge is 0.347 e. The number of nitrogens with zero attached hydrogens (tertiary/aromatic N) is 1. The average molecular weight is 242 g/mol. The van der Waals surface area contributed by atoms with Gasteiger partial charge in [0.1, 0.15) is 5.82 Å². The van der Waals surface area contributed by atoms with Crippen LogP contribution in [0.5, 0.6) is 0 Å². The molecule has 0 radical (unpaired) electrons. The van der Waals surface area contributed by atoms with Gasteiger partial charge in [0.2, 0.25) is 0 Å². The van der Waals surface area contributed by atoms with E-state index < -0.39 is 0 Å². The van der Waals surface area contributed by atoms with Crippen LogP contribution in [0.15, 0.2) is 22.7 Å². The number of benzene rings is 1. The molecular weight excluding hydrogens is 233 g/mol. The highest BCUT2D eigenvalue weighted by Gasteiger charge is 2.09. The summed E-state index contributed by atoms with van der Waals surface area (Å²) >= 11 is 3.45. The van der Waals surface area contributed by atoms with Gasteiger partial charge in [0.15, 0.2) is 0 Å². The van der Waals surface area contributed by atoms with E-state index in [4.69, 9.17) is 0 Å². The Labute approximate surface area is 84.3 Å². The molecule has 1 aromatic carbocycles. The summed E-state index contributed by atoms with van der Waals surface area (Å²) in [5, 5.41) is 0.931. The molecule has 2 rings (SSSR count). The van der Waals surface area contributed by atoms with Crippen LogP contribution in [0.2, 0.25) is 0 Å². The molecule has 68 valence electrons. The Bertz CT molecular complexity index is 473. The van der Waals surface area contributed by atoms with Crippen LogP contribution in [0.4, 0.5) is 4.39 Å². The summed E-state index contributed by atoms with van der Waals surface area (Å²) in [6.45, 7) is 2.00. The topological polar surface area (TPSA) is 4.93 Å². The van der Waals surface area contributed by atoms with Crippen LogP contribution in [-0.4, -0.2) is 4.57 Å². The lowest BCUT2D eigenvalue weighted by molar-refractivity contribution is 0.629. The van der Waals surface area contributed by atoms with Gasteiger partial charge in [0, 0.05) is 28.1 Å². The van der Waals surface area contributed by atoms with Crippen molar-refractivity contribution in [1.29, 1.82) is 0 Å². The van der Waals surface area contributed by atoms with E-state index in [-0.39, 0.29) is 5.82 Å². The van der Waals surface area contributed by atoms with Crippen LogP contribution in [0.1, 0.15) is 5.69 Å². The van der Waals surface area contributed by atoms with Crippen molar-refractivity contribution in [3.8, 4) is 0 Å². The van der Waals surface area contributed by atoms with Gasteiger partial charge in [-0.1, -0.05) is 0 Å². The average Bonchev–Trinajstić information content (AvgIpc) is 2.32. The standard InChI is InChI=1S/C10H9BrFN/c1-6-10(11)8-5-7(12)3-4-9(8)13(6)2/h3-5H,1-2H3. The third kappa shape index (κ3) is 1.18. The Morgan fingerprint density at radius 3 is 2.77 bits per heavy atom. The van der Waals surface area contributed by atoms with Gasteiger partial charge < -0.3 is 4.57 Å². The van der Waals surface area contributed by atoms with Crippen LogP contribution in [0.3, 0.4) is 0 Å². The maximum Gasteiger partial charge on any atom is 0.123 e. The predicted molar refractivity (Wildman–Crippen MR) is 55.3 cm³/mol. The third-order valence-corrected chi connectivity index (χ3v) is 3.38. The van der Waals surface area contributed by atoms with E-state index >= 15 is 0 Å². The number of aromatic nitrogens is 1. The highest BCUT2D eigenvalue weighted by Crippen LogP contribution is 2.29. The molecule has 0 saturated heterocycles. The van der Waals surface area contributed by atoms with Gasteiger partial charge in [-0.2, -0.15) is 0 Å². The van der Waals surface area contributed by atoms with Crippen molar-refractivity contribution in [3.63, 3.8) is 0 Å². The summed E-state index contributed by atoms with van der Waals surface area (Å²) in [7, 11) is 1.97. The Kier molecular flexibility index (Phi) is 1.91. The zero-order chi connectivity index (χ0) is 9.59. The van der Waals surface area contributed by atoms with E-state index in [0.29, 0.717) is 0 Å². The van der Waals surface area contributed by atoms with Crippen LogP contribution in [-0.2, 0) is 7.05 Å². The van der Waals surface area contributed by atoms with Crippen molar-refractivity contribution in [1.82, 2.24) is 4.57 Å². The van der Waals surface area contributed by atoms with Crippen LogP contribution < -0.4 is 0 Å². The van der Waals surface area contributed by atoms with E-state index in [0.717, 1.165) is 21.1 Å². The molecule has 0 amide bonds. The lowest BCUT2D eigenvalue weighted by atomic mass is 10.2. The maximum absolute atomic E-state index is 12.9. The van der Waals surface area contributed by atoms with Crippen LogP contribution in [0, 0.1) is 12.7 Å². The molecule has 1 aromatic heterocycles. The van der Waals surface area contributed by atoms with E-state index in [1.165, 1.54) is 6.07 Å². The fourth-order valence-corrected chi connectivity index (χ4v) is 2.08.